The molecule has 0 N–H and O–H groups in total. The minimum atomic E-state index is 0.0763. The predicted molar refractivity (Wildman–Crippen MR) is 109 cm³/mol. The second-order valence-electron chi connectivity index (χ2n) is 7.16. The number of benzene rings is 1. The largest absolute Gasteiger partial charge is 0.370 e. The van der Waals surface area contributed by atoms with Crippen molar-refractivity contribution in [2.75, 3.05) is 0 Å². The molecule has 1 aromatic heterocycles. The van der Waals surface area contributed by atoms with Gasteiger partial charge < -0.3 is 4.74 Å². The number of imidazole rings is 1. The maximum absolute atomic E-state index is 9.20. The van der Waals surface area contributed by atoms with Crippen LogP contribution in [0.1, 0.15) is 75.4 Å². The topological polar surface area (TPSA) is 74.6 Å². The number of aromatic nitrogens is 2. The van der Waals surface area contributed by atoms with Gasteiger partial charge in [0, 0.05) is 0 Å². The Bertz CT molecular complexity index is 770. The highest BCUT2D eigenvalue weighted by Crippen LogP contribution is 2.16. The van der Waals surface area contributed by atoms with Crippen molar-refractivity contribution in [1.82, 2.24) is 9.55 Å². The van der Waals surface area contributed by atoms with E-state index in [9.17, 15) is 5.26 Å². The summed E-state index contributed by atoms with van der Waals surface area (Å²) in [4.78, 5) is 4.17. The van der Waals surface area contributed by atoms with Gasteiger partial charge >= 0.3 is 0 Å². The van der Waals surface area contributed by atoms with Gasteiger partial charge in [0.25, 0.3) is 0 Å². The van der Waals surface area contributed by atoms with E-state index in [-0.39, 0.29) is 18.4 Å². The van der Waals surface area contributed by atoms with Crippen LogP contribution in [-0.4, -0.2) is 15.7 Å². The van der Waals surface area contributed by atoms with Gasteiger partial charge in [0.15, 0.2) is 11.9 Å². The molecule has 0 aliphatic heterocycles. The molecule has 2 rings (SSSR count). The van der Waals surface area contributed by atoms with Crippen molar-refractivity contribution in [3.05, 3.63) is 53.6 Å². The van der Waals surface area contributed by atoms with Gasteiger partial charge in [0.05, 0.1) is 12.3 Å². The fourth-order valence-electron chi connectivity index (χ4n) is 3.30. The third-order valence-electron chi connectivity index (χ3n) is 4.89. The minimum absolute atomic E-state index is 0.0763. The van der Waals surface area contributed by atoms with Gasteiger partial charge in [-0.1, -0.05) is 82.2 Å². The lowest BCUT2D eigenvalue weighted by molar-refractivity contribution is 0.0294. The number of nitriles is 2. The van der Waals surface area contributed by atoms with Crippen LogP contribution in [0.4, 0.5) is 0 Å². The SMILES string of the molecule is CCCCCCCCCC(Cc1ccccc1)OCc1nc(C#N)cn1C#N. The van der Waals surface area contributed by atoms with E-state index in [1.165, 1.54) is 54.9 Å². The Balaban J connectivity index is 1.88. The van der Waals surface area contributed by atoms with Gasteiger partial charge in [-0.15, -0.1) is 0 Å². The summed E-state index contributed by atoms with van der Waals surface area (Å²) in [5.74, 6) is 0.483. The molecule has 5 nitrogen and oxygen atoms in total. The monoisotopic (exact) mass is 378 g/mol. The van der Waals surface area contributed by atoms with Crippen LogP contribution in [0.3, 0.4) is 0 Å². The van der Waals surface area contributed by atoms with Crippen LogP contribution in [0.2, 0.25) is 0 Å². The van der Waals surface area contributed by atoms with E-state index >= 15 is 0 Å². The van der Waals surface area contributed by atoms with Crippen LogP contribution in [0, 0.1) is 22.8 Å². The van der Waals surface area contributed by atoms with Gasteiger partial charge in [-0.05, 0) is 18.4 Å². The van der Waals surface area contributed by atoms with Gasteiger partial charge in [-0.25, -0.2) is 9.55 Å². The summed E-state index contributed by atoms with van der Waals surface area (Å²) in [5, 5.41) is 18.2. The summed E-state index contributed by atoms with van der Waals surface area (Å²) in [6.07, 6.45) is 14.3. The Morgan fingerprint density at radius 1 is 1.04 bits per heavy atom. The zero-order valence-electron chi connectivity index (χ0n) is 16.8. The van der Waals surface area contributed by atoms with Crippen molar-refractivity contribution in [3.63, 3.8) is 0 Å². The van der Waals surface area contributed by atoms with E-state index in [1.807, 2.05) is 30.5 Å². The van der Waals surface area contributed by atoms with Crippen molar-refractivity contribution in [1.29, 1.82) is 10.5 Å². The molecule has 2 aromatic rings. The van der Waals surface area contributed by atoms with E-state index in [0.29, 0.717) is 5.82 Å². The molecule has 1 unspecified atom stereocenters. The third-order valence-corrected chi connectivity index (χ3v) is 4.89. The fourth-order valence-corrected chi connectivity index (χ4v) is 3.30. The lowest BCUT2D eigenvalue weighted by Crippen LogP contribution is -2.17. The minimum Gasteiger partial charge on any atom is -0.370 e. The Hall–Kier alpha value is -2.63. The Morgan fingerprint density at radius 2 is 1.75 bits per heavy atom. The van der Waals surface area contributed by atoms with Crippen LogP contribution in [0.15, 0.2) is 36.5 Å². The van der Waals surface area contributed by atoms with E-state index in [4.69, 9.17) is 10.00 Å². The summed E-state index contributed by atoms with van der Waals surface area (Å²) < 4.78 is 7.45. The zero-order valence-corrected chi connectivity index (χ0v) is 16.8. The highest BCUT2D eigenvalue weighted by Gasteiger charge is 2.14. The highest BCUT2D eigenvalue weighted by atomic mass is 16.5. The average Bonchev–Trinajstić information content (AvgIpc) is 3.14. The maximum Gasteiger partial charge on any atom is 0.189 e. The molecule has 0 radical (unpaired) electrons. The van der Waals surface area contributed by atoms with Crippen molar-refractivity contribution in [2.45, 2.75) is 77.4 Å². The predicted octanol–water partition coefficient (Wildman–Crippen LogP) is 5.35. The van der Waals surface area contributed by atoms with Crippen molar-refractivity contribution >= 4 is 0 Å². The summed E-state index contributed by atoms with van der Waals surface area (Å²) in [6.45, 7) is 2.48. The quantitative estimate of drug-likeness (QED) is 0.440. The molecule has 0 amide bonds. The molecule has 0 aliphatic carbocycles. The van der Waals surface area contributed by atoms with Crippen molar-refractivity contribution in [2.24, 2.45) is 0 Å². The fraction of sp³-hybridized carbons (Fsp3) is 0.522. The number of ether oxygens (including phenoxy) is 1. The highest BCUT2D eigenvalue weighted by molar-refractivity contribution is 5.21. The molecule has 5 heteroatoms. The maximum atomic E-state index is 9.20. The van der Waals surface area contributed by atoms with Gasteiger partial charge in [0.1, 0.15) is 18.5 Å². The molecule has 0 saturated carbocycles. The first-order valence-corrected chi connectivity index (χ1v) is 10.3. The van der Waals surface area contributed by atoms with E-state index < -0.39 is 0 Å². The van der Waals surface area contributed by atoms with Crippen LogP contribution in [-0.2, 0) is 17.8 Å². The molecule has 148 valence electrons. The van der Waals surface area contributed by atoms with Crippen LogP contribution in [0.25, 0.3) is 0 Å². The normalized spacial score (nSPS) is 11.7. The van der Waals surface area contributed by atoms with E-state index in [1.54, 1.807) is 0 Å². The average molecular weight is 379 g/mol. The smallest absolute Gasteiger partial charge is 0.189 e. The van der Waals surface area contributed by atoms with Crippen LogP contribution >= 0.6 is 0 Å². The first-order chi connectivity index (χ1) is 13.8. The van der Waals surface area contributed by atoms with E-state index in [2.05, 4.69) is 24.0 Å². The standard InChI is InChI=1S/C23H30N4O/c1-2-3-4-5-6-7-11-14-22(15-20-12-9-8-10-13-20)28-18-23-26-21(16-24)17-27(23)19-25/h8-10,12-13,17,22H,2-7,11,14-15,18H2,1H3. The molecule has 0 saturated heterocycles. The molecular formula is C23H30N4O. The first-order valence-electron chi connectivity index (χ1n) is 10.3. The number of rotatable bonds is 13. The lowest BCUT2D eigenvalue weighted by Gasteiger charge is -2.18. The molecule has 1 aromatic carbocycles. The number of hydrogen-bond acceptors (Lipinski definition) is 4. The molecule has 28 heavy (non-hydrogen) atoms. The molecule has 0 aliphatic rings. The van der Waals surface area contributed by atoms with Gasteiger partial charge in [-0.2, -0.15) is 10.5 Å². The number of nitrogens with zero attached hydrogens (tertiary/aromatic N) is 4. The summed E-state index contributed by atoms with van der Waals surface area (Å²) in [7, 11) is 0. The Kier molecular flexibility index (Phi) is 9.83. The number of hydrogen-bond donors (Lipinski definition) is 0. The van der Waals surface area contributed by atoms with Crippen LogP contribution in [0.5, 0.6) is 0 Å². The summed E-state index contributed by atoms with van der Waals surface area (Å²) in [5.41, 5.74) is 1.49. The first kappa shape index (κ1) is 21.7. The second kappa shape index (κ2) is 12.7. The Morgan fingerprint density at radius 3 is 2.43 bits per heavy atom. The summed E-state index contributed by atoms with van der Waals surface area (Å²) in [6, 6.07) is 12.3. The molecule has 1 heterocycles. The molecule has 0 fully saturated rings. The third kappa shape index (κ3) is 7.55. The number of unbranched alkanes of at least 4 members (excludes halogenated alkanes) is 6. The van der Waals surface area contributed by atoms with Gasteiger partial charge in [0.2, 0.25) is 0 Å². The van der Waals surface area contributed by atoms with Crippen molar-refractivity contribution in [3.8, 4) is 12.3 Å². The summed E-state index contributed by atoms with van der Waals surface area (Å²) >= 11 is 0. The molecule has 1 atom stereocenters. The second-order valence-corrected chi connectivity index (χ2v) is 7.16. The van der Waals surface area contributed by atoms with E-state index in [0.717, 1.165) is 19.3 Å². The Labute approximate surface area is 168 Å². The lowest BCUT2D eigenvalue weighted by atomic mass is 10.0. The molecule has 0 bridgehead atoms. The van der Waals surface area contributed by atoms with Crippen LogP contribution < -0.4 is 0 Å². The molecular weight excluding hydrogens is 348 g/mol. The van der Waals surface area contributed by atoms with Gasteiger partial charge in [-0.3, -0.25) is 0 Å². The molecule has 0 spiro atoms. The zero-order chi connectivity index (χ0) is 20.0. The van der Waals surface area contributed by atoms with Crippen molar-refractivity contribution < 1.29 is 4.74 Å².